The van der Waals surface area contributed by atoms with Gasteiger partial charge in [0.05, 0.1) is 17.9 Å². The van der Waals surface area contributed by atoms with E-state index in [-0.39, 0.29) is 12.5 Å². The van der Waals surface area contributed by atoms with Gasteiger partial charge in [-0.05, 0) is 22.5 Å². The molecule has 2 aromatic carbocycles. The van der Waals surface area contributed by atoms with Crippen LogP contribution in [0.3, 0.4) is 0 Å². The van der Waals surface area contributed by atoms with Gasteiger partial charge >= 0.3 is 11.1 Å². The Morgan fingerprint density at radius 3 is 2.70 bits per heavy atom. The maximum Gasteiger partial charge on any atom is 0.408 e. The van der Waals surface area contributed by atoms with E-state index in [9.17, 15) is 4.79 Å². The number of nitrogens with one attached hydrogen (secondary N) is 1. The minimum absolute atomic E-state index is 0.105. The van der Waals surface area contributed by atoms with Gasteiger partial charge in [-0.15, -0.1) is 0 Å². The average Bonchev–Trinajstić information content (AvgIpc) is 3.31. The van der Waals surface area contributed by atoms with Crippen LogP contribution in [0.1, 0.15) is 0 Å². The normalized spacial score (nSPS) is 11.3. The molecule has 4 rings (SSSR count). The molecule has 0 aliphatic rings. The molecule has 0 aliphatic carbocycles. The van der Waals surface area contributed by atoms with Crippen LogP contribution in [0, 0.1) is 0 Å². The highest BCUT2D eigenvalue weighted by atomic mass is 32.1. The third-order valence-electron chi connectivity index (χ3n) is 4.16. The van der Waals surface area contributed by atoms with E-state index >= 15 is 0 Å². The molecule has 4 aromatic rings. The molecule has 134 valence electrons. The van der Waals surface area contributed by atoms with Crippen LogP contribution in [0.25, 0.3) is 22.2 Å². The minimum Gasteiger partial charge on any atom is -0.466 e. The number of thiazole rings is 1. The van der Waals surface area contributed by atoms with Gasteiger partial charge in [0.1, 0.15) is 11.9 Å². The van der Waals surface area contributed by atoms with E-state index in [1.165, 1.54) is 18.4 Å². The van der Waals surface area contributed by atoms with Crippen LogP contribution in [0.5, 0.6) is 0 Å². The number of carbonyl (C=O) groups excluding carboxylic acids is 1. The molecule has 27 heavy (non-hydrogen) atoms. The summed E-state index contributed by atoms with van der Waals surface area (Å²) in [5, 5.41) is 12.4. The van der Waals surface area contributed by atoms with Crippen molar-refractivity contribution in [1.29, 1.82) is 0 Å². The quantitative estimate of drug-likeness (QED) is 0.309. The van der Waals surface area contributed by atoms with Crippen molar-refractivity contribution >= 4 is 39.0 Å². The second-order valence-electron chi connectivity index (χ2n) is 5.85. The SMILES string of the molecule is COC(=O)C[n+]1ccsc1N=Nc1c(-c2ccccc2)[nH]c2ccccc12. The Morgan fingerprint density at radius 2 is 1.89 bits per heavy atom. The zero-order valence-electron chi connectivity index (χ0n) is 14.6. The first-order chi connectivity index (χ1) is 13.3. The third kappa shape index (κ3) is 3.50. The van der Waals surface area contributed by atoms with Crippen LogP contribution in [0.15, 0.2) is 76.4 Å². The minimum atomic E-state index is -0.327. The molecule has 0 saturated heterocycles. The fourth-order valence-electron chi connectivity index (χ4n) is 2.84. The van der Waals surface area contributed by atoms with E-state index in [1.54, 1.807) is 10.8 Å². The number of rotatable bonds is 5. The van der Waals surface area contributed by atoms with E-state index in [4.69, 9.17) is 4.74 Å². The predicted molar refractivity (Wildman–Crippen MR) is 104 cm³/mol. The van der Waals surface area contributed by atoms with Crippen LogP contribution < -0.4 is 4.57 Å². The van der Waals surface area contributed by atoms with Gasteiger partial charge in [0.15, 0.2) is 6.54 Å². The van der Waals surface area contributed by atoms with Crippen LogP contribution in [-0.2, 0) is 16.1 Å². The van der Waals surface area contributed by atoms with Crippen LogP contribution in [-0.4, -0.2) is 18.1 Å². The van der Waals surface area contributed by atoms with Crippen molar-refractivity contribution in [3.8, 4) is 11.3 Å². The number of esters is 1. The average molecular weight is 377 g/mol. The number of H-pyrrole nitrogens is 1. The summed E-state index contributed by atoms with van der Waals surface area (Å²) >= 11 is 1.42. The van der Waals surface area contributed by atoms with Crippen molar-refractivity contribution < 1.29 is 14.1 Å². The molecule has 1 N–H and O–H groups in total. The summed E-state index contributed by atoms with van der Waals surface area (Å²) in [5.74, 6) is -0.327. The van der Waals surface area contributed by atoms with Crippen LogP contribution >= 0.6 is 11.3 Å². The van der Waals surface area contributed by atoms with E-state index in [2.05, 4.69) is 15.2 Å². The Labute approximate surface area is 159 Å². The van der Waals surface area contributed by atoms with Crippen molar-refractivity contribution in [2.45, 2.75) is 6.54 Å². The first-order valence-electron chi connectivity index (χ1n) is 8.38. The highest BCUT2D eigenvalue weighted by molar-refractivity contribution is 7.12. The lowest BCUT2D eigenvalue weighted by atomic mass is 10.1. The molecule has 6 nitrogen and oxygen atoms in total. The molecule has 0 fully saturated rings. The Morgan fingerprint density at radius 1 is 1.11 bits per heavy atom. The molecule has 0 unspecified atom stereocenters. The molecular weight excluding hydrogens is 360 g/mol. The number of hydrogen-bond donors (Lipinski definition) is 1. The number of methoxy groups -OCH3 is 1. The first-order valence-corrected chi connectivity index (χ1v) is 9.26. The summed E-state index contributed by atoms with van der Waals surface area (Å²) in [7, 11) is 1.37. The van der Waals surface area contributed by atoms with E-state index in [0.29, 0.717) is 5.13 Å². The zero-order valence-corrected chi connectivity index (χ0v) is 15.4. The summed E-state index contributed by atoms with van der Waals surface area (Å²) in [4.78, 5) is 15.0. The molecule has 0 saturated carbocycles. The van der Waals surface area contributed by atoms with Crippen molar-refractivity contribution in [1.82, 2.24) is 4.98 Å². The largest absolute Gasteiger partial charge is 0.466 e. The zero-order chi connectivity index (χ0) is 18.6. The smallest absolute Gasteiger partial charge is 0.408 e. The fourth-order valence-corrected chi connectivity index (χ4v) is 3.52. The number of para-hydroxylation sites is 1. The second kappa shape index (κ2) is 7.51. The predicted octanol–water partition coefficient (Wildman–Crippen LogP) is 4.77. The summed E-state index contributed by atoms with van der Waals surface area (Å²) in [6.07, 6.45) is 1.79. The number of fused-ring (bicyclic) bond motifs is 1. The number of azo groups is 1. The number of carbonyl (C=O) groups is 1. The maximum atomic E-state index is 11.6. The number of ether oxygens (including phenoxy) is 1. The topological polar surface area (TPSA) is 70.7 Å². The summed E-state index contributed by atoms with van der Waals surface area (Å²) in [5.41, 5.74) is 3.72. The molecule has 2 aromatic heterocycles. The van der Waals surface area contributed by atoms with E-state index in [0.717, 1.165) is 27.8 Å². The number of benzene rings is 2. The van der Waals surface area contributed by atoms with Gasteiger partial charge in [-0.3, -0.25) is 0 Å². The van der Waals surface area contributed by atoms with Gasteiger partial charge in [-0.25, -0.2) is 9.36 Å². The number of nitrogens with zero attached hydrogens (tertiary/aromatic N) is 3. The lowest BCUT2D eigenvalue weighted by Crippen LogP contribution is -2.36. The molecular formula is C20H17N4O2S+. The fraction of sp³-hybridized carbons (Fsp3) is 0.100. The third-order valence-corrected chi connectivity index (χ3v) is 4.95. The lowest BCUT2D eigenvalue weighted by molar-refractivity contribution is -0.669. The summed E-state index contributed by atoms with van der Waals surface area (Å²) < 4.78 is 6.45. The van der Waals surface area contributed by atoms with Gasteiger partial charge in [-0.1, -0.05) is 48.5 Å². The summed E-state index contributed by atoms with van der Waals surface area (Å²) in [6, 6.07) is 18.0. The van der Waals surface area contributed by atoms with Gasteiger partial charge < -0.3 is 9.72 Å². The second-order valence-corrected chi connectivity index (χ2v) is 6.72. The molecule has 0 radical (unpaired) electrons. The van der Waals surface area contributed by atoms with Gasteiger partial charge in [-0.2, -0.15) is 0 Å². The maximum absolute atomic E-state index is 11.6. The van der Waals surface area contributed by atoms with Crippen molar-refractivity contribution in [3.63, 3.8) is 0 Å². The Hall–Kier alpha value is -3.32. The van der Waals surface area contributed by atoms with Gasteiger partial charge in [0, 0.05) is 21.8 Å². The molecule has 0 aliphatic heterocycles. The molecule has 2 heterocycles. The Balaban J connectivity index is 1.77. The van der Waals surface area contributed by atoms with Gasteiger partial charge in [0.2, 0.25) is 0 Å². The summed E-state index contributed by atoms with van der Waals surface area (Å²) in [6.45, 7) is 0.105. The number of aromatic amines is 1. The first kappa shape index (κ1) is 17.1. The molecule has 0 bridgehead atoms. The van der Waals surface area contributed by atoms with E-state index < -0.39 is 0 Å². The standard InChI is InChI=1S/C20H16N4O2S/c1-26-17(25)13-24-11-12-27-20(24)23-22-19-15-9-5-6-10-16(15)21-18(19)14-7-3-2-4-8-14/h2-12H,13H2,1H3/p+1. The Kier molecular flexibility index (Phi) is 4.76. The number of hydrogen-bond acceptors (Lipinski definition) is 5. The van der Waals surface area contributed by atoms with Crippen molar-refractivity contribution in [2.75, 3.05) is 7.11 Å². The number of aromatic nitrogens is 2. The van der Waals surface area contributed by atoms with E-state index in [1.807, 2.05) is 60.0 Å². The van der Waals surface area contributed by atoms with Gasteiger partial charge in [0.25, 0.3) is 0 Å². The molecule has 0 atom stereocenters. The molecule has 0 amide bonds. The Bertz CT molecular complexity index is 1120. The lowest BCUT2D eigenvalue weighted by Gasteiger charge is -1.98. The van der Waals surface area contributed by atoms with Crippen LogP contribution in [0.2, 0.25) is 0 Å². The monoisotopic (exact) mass is 377 g/mol. The highest BCUT2D eigenvalue weighted by Gasteiger charge is 2.18. The van der Waals surface area contributed by atoms with Crippen LogP contribution in [0.4, 0.5) is 10.8 Å². The van der Waals surface area contributed by atoms with Crippen molar-refractivity contribution in [2.24, 2.45) is 10.2 Å². The highest BCUT2D eigenvalue weighted by Crippen LogP contribution is 2.38. The molecule has 7 heteroatoms. The van der Waals surface area contributed by atoms with Crippen molar-refractivity contribution in [3.05, 3.63) is 66.2 Å². The molecule has 0 spiro atoms.